The molecule has 0 aliphatic heterocycles. The van der Waals surface area contributed by atoms with E-state index in [2.05, 4.69) is 162 Å². The van der Waals surface area contributed by atoms with Gasteiger partial charge < -0.3 is 4.90 Å². The highest BCUT2D eigenvalue weighted by Gasteiger charge is 2.25. The Labute approximate surface area is 272 Å². The van der Waals surface area contributed by atoms with E-state index in [0.717, 1.165) is 17.8 Å². The highest BCUT2D eigenvalue weighted by Crippen LogP contribution is 2.49. The highest BCUT2D eigenvalue weighted by molar-refractivity contribution is 7.26. The molecule has 1 atom stereocenters. The number of pyridine rings is 1. The Bertz CT molecular complexity index is 2400. The van der Waals surface area contributed by atoms with Gasteiger partial charge in [0.05, 0.1) is 0 Å². The molecule has 9 rings (SSSR count). The van der Waals surface area contributed by atoms with E-state index in [4.69, 9.17) is 0 Å². The SMILES string of the molecule is C1=CC(c2c(-c3ccncc3)c3ccccc3c3c2ccc2c4ccccc4sc23)CC=C1N(c1ccccc1)c1ccccc1. The fraction of sp³-hybridized carbons (Fsp3) is 0.0465. The quantitative estimate of drug-likeness (QED) is 0.181. The number of anilines is 2. The Balaban J connectivity index is 1.28. The minimum Gasteiger partial charge on any atom is -0.311 e. The molecule has 2 nitrogen and oxygen atoms in total. The van der Waals surface area contributed by atoms with Gasteiger partial charge in [0.25, 0.3) is 0 Å². The number of hydrogen-bond acceptors (Lipinski definition) is 3. The van der Waals surface area contributed by atoms with Crippen LogP contribution in [0.1, 0.15) is 17.9 Å². The minimum absolute atomic E-state index is 0.208. The van der Waals surface area contributed by atoms with Crippen LogP contribution in [-0.2, 0) is 0 Å². The van der Waals surface area contributed by atoms with Crippen molar-refractivity contribution in [1.82, 2.24) is 4.98 Å². The van der Waals surface area contributed by atoms with Gasteiger partial charge in [0.15, 0.2) is 0 Å². The van der Waals surface area contributed by atoms with Gasteiger partial charge in [0, 0.05) is 60.9 Å². The van der Waals surface area contributed by atoms with Crippen molar-refractivity contribution in [2.75, 3.05) is 4.90 Å². The molecule has 8 aromatic rings. The summed E-state index contributed by atoms with van der Waals surface area (Å²) in [5.41, 5.74) is 7.40. The summed E-state index contributed by atoms with van der Waals surface area (Å²) < 4.78 is 2.70. The Morgan fingerprint density at radius 1 is 0.587 bits per heavy atom. The predicted octanol–water partition coefficient (Wildman–Crippen LogP) is 12.2. The lowest BCUT2D eigenvalue weighted by Crippen LogP contribution is -2.17. The second kappa shape index (κ2) is 11.1. The molecule has 6 aromatic carbocycles. The lowest BCUT2D eigenvalue weighted by atomic mass is 9.80. The number of para-hydroxylation sites is 2. The third-order valence-electron chi connectivity index (χ3n) is 9.28. The summed E-state index contributed by atoms with van der Waals surface area (Å²) in [6, 6.07) is 48.2. The van der Waals surface area contributed by atoms with Gasteiger partial charge in [-0.3, -0.25) is 4.98 Å². The van der Waals surface area contributed by atoms with Gasteiger partial charge in [-0.1, -0.05) is 103 Å². The number of benzene rings is 6. The van der Waals surface area contributed by atoms with Crippen LogP contribution in [-0.4, -0.2) is 4.98 Å². The number of aromatic nitrogens is 1. The maximum atomic E-state index is 4.38. The lowest BCUT2D eigenvalue weighted by Gasteiger charge is -2.30. The van der Waals surface area contributed by atoms with Crippen molar-refractivity contribution in [2.45, 2.75) is 12.3 Å². The molecule has 0 saturated carbocycles. The number of thiophene rings is 1. The van der Waals surface area contributed by atoms with Crippen LogP contribution in [0.4, 0.5) is 11.4 Å². The average molecular weight is 607 g/mol. The normalized spacial score (nSPS) is 14.7. The van der Waals surface area contributed by atoms with E-state index in [9.17, 15) is 0 Å². The first-order chi connectivity index (χ1) is 22.8. The summed E-state index contributed by atoms with van der Waals surface area (Å²) in [5.74, 6) is 0.208. The third-order valence-corrected chi connectivity index (χ3v) is 10.5. The maximum absolute atomic E-state index is 4.38. The molecule has 1 aliphatic rings. The van der Waals surface area contributed by atoms with Crippen LogP contribution in [0.15, 0.2) is 170 Å². The van der Waals surface area contributed by atoms with Crippen LogP contribution in [0.25, 0.3) is 52.8 Å². The predicted molar refractivity (Wildman–Crippen MR) is 197 cm³/mol. The first kappa shape index (κ1) is 26.9. The Kier molecular flexibility index (Phi) is 6.50. The number of fused-ring (bicyclic) bond motifs is 7. The number of hydrogen-bond donors (Lipinski definition) is 0. The summed E-state index contributed by atoms with van der Waals surface area (Å²) in [7, 11) is 0. The fourth-order valence-electron chi connectivity index (χ4n) is 7.28. The van der Waals surface area contributed by atoms with E-state index in [1.54, 1.807) is 0 Å². The van der Waals surface area contributed by atoms with Gasteiger partial charge in [-0.15, -0.1) is 11.3 Å². The number of rotatable bonds is 5. The van der Waals surface area contributed by atoms with Gasteiger partial charge in [0.1, 0.15) is 0 Å². The molecule has 1 aliphatic carbocycles. The van der Waals surface area contributed by atoms with Crippen LogP contribution < -0.4 is 4.90 Å². The van der Waals surface area contributed by atoms with Crippen molar-refractivity contribution >= 4 is 64.4 Å². The standard InChI is InChI=1S/C43H30N2S/c1-3-11-31(12-4-1)45(32-13-5-2-6-14-32)33-21-19-29(20-22-33)41-38-24-23-37-34-15-9-10-18-39(34)46-43(37)42(38)36-17-8-7-16-35(36)40(41)30-25-27-44-28-26-30/h1-19,21-29H,20H2. The molecule has 0 fully saturated rings. The van der Waals surface area contributed by atoms with E-state index in [1.807, 2.05) is 23.7 Å². The Hall–Kier alpha value is -5.51. The molecule has 3 heteroatoms. The van der Waals surface area contributed by atoms with Crippen molar-refractivity contribution < 1.29 is 0 Å². The minimum atomic E-state index is 0.208. The molecule has 218 valence electrons. The van der Waals surface area contributed by atoms with Crippen molar-refractivity contribution in [3.63, 3.8) is 0 Å². The topological polar surface area (TPSA) is 16.1 Å². The van der Waals surface area contributed by atoms with Crippen molar-refractivity contribution in [1.29, 1.82) is 0 Å². The number of allylic oxidation sites excluding steroid dienone is 3. The Morgan fingerprint density at radius 3 is 1.91 bits per heavy atom. The van der Waals surface area contributed by atoms with Crippen LogP contribution in [0, 0.1) is 0 Å². The first-order valence-electron chi connectivity index (χ1n) is 15.8. The largest absolute Gasteiger partial charge is 0.311 e. The van der Waals surface area contributed by atoms with Crippen LogP contribution in [0.5, 0.6) is 0 Å². The van der Waals surface area contributed by atoms with E-state index in [-0.39, 0.29) is 5.92 Å². The van der Waals surface area contributed by atoms with Gasteiger partial charge in [-0.2, -0.15) is 0 Å². The summed E-state index contributed by atoms with van der Waals surface area (Å²) >= 11 is 1.92. The van der Waals surface area contributed by atoms with E-state index in [0.29, 0.717) is 0 Å². The molecular formula is C43H30N2S. The second-order valence-electron chi connectivity index (χ2n) is 11.9. The summed E-state index contributed by atoms with van der Waals surface area (Å²) in [6.07, 6.45) is 11.9. The molecule has 46 heavy (non-hydrogen) atoms. The molecule has 0 spiro atoms. The zero-order valence-corrected chi connectivity index (χ0v) is 26.0. The zero-order valence-electron chi connectivity index (χ0n) is 25.2. The molecule has 2 heterocycles. The molecule has 0 bridgehead atoms. The van der Waals surface area contributed by atoms with Crippen LogP contribution in [0.2, 0.25) is 0 Å². The van der Waals surface area contributed by atoms with E-state index in [1.165, 1.54) is 64.1 Å². The van der Waals surface area contributed by atoms with Crippen molar-refractivity contribution in [2.24, 2.45) is 0 Å². The van der Waals surface area contributed by atoms with Gasteiger partial charge >= 0.3 is 0 Å². The zero-order chi connectivity index (χ0) is 30.5. The van der Waals surface area contributed by atoms with Crippen LogP contribution >= 0.6 is 11.3 Å². The summed E-state index contributed by atoms with van der Waals surface area (Å²) in [4.78, 5) is 6.74. The first-order valence-corrected chi connectivity index (χ1v) is 16.6. The van der Waals surface area contributed by atoms with Gasteiger partial charge in [-0.25, -0.2) is 0 Å². The maximum Gasteiger partial charge on any atom is 0.0461 e. The molecule has 1 unspecified atom stereocenters. The molecule has 0 saturated heterocycles. The second-order valence-corrected chi connectivity index (χ2v) is 12.9. The molecule has 0 amide bonds. The molecule has 0 radical (unpaired) electrons. The fourth-order valence-corrected chi connectivity index (χ4v) is 8.55. The van der Waals surface area contributed by atoms with Gasteiger partial charge in [0.2, 0.25) is 0 Å². The van der Waals surface area contributed by atoms with Crippen LogP contribution in [0.3, 0.4) is 0 Å². The molecule has 2 aromatic heterocycles. The van der Waals surface area contributed by atoms with E-state index >= 15 is 0 Å². The summed E-state index contributed by atoms with van der Waals surface area (Å²) in [5, 5.41) is 7.96. The smallest absolute Gasteiger partial charge is 0.0461 e. The summed E-state index contributed by atoms with van der Waals surface area (Å²) in [6.45, 7) is 0. The van der Waals surface area contributed by atoms with Gasteiger partial charge in [-0.05, 0) is 87.8 Å². The van der Waals surface area contributed by atoms with Crippen molar-refractivity contribution in [3.05, 3.63) is 175 Å². The van der Waals surface area contributed by atoms with E-state index < -0.39 is 0 Å². The lowest BCUT2D eigenvalue weighted by molar-refractivity contribution is 0.850. The Morgan fingerprint density at radius 2 is 1.22 bits per heavy atom. The van der Waals surface area contributed by atoms with Crippen molar-refractivity contribution in [3.8, 4) is 11.1 Å². The molecular weight excluding hydrogens is 577 g/mol. The number of nitrogens with zero attached hydrogens (tertiary/aromatic N) is 2. The third kappa shape index (κ3) is 4.35. The monoisotopic (exact) mass is 606 g/mol. The average Bonchev–Trinajstić information content (AvgIpc) is 3.52. The molecule has 0 N–H and O–H groups in total. The highest BCUT2D eigenvalue weighted by atomic mass is 32.1.